The molecule has 29 heavy (non-hydrogen) atoms. The van der Waals surface area contributed by atoms with Gasteiger partial charge in [-0.3, -0.25) is 4.79 Å². The van der Waals surface area contributed by atoms with Gasteiger partial charge in [-0.2, -0.15) is 0 Å². The Labute approximate surface area is 168 Å². The molecule has 0 aliphatic carbocycles. The molecule has 2 aliphatic heterocycles. The molecule has 1 saturated heterocycles. The third-order valence-corrected chi connectivity index (χ3v) is 5.82. The molecule has 0 bridgehead atoms. The van der Waals surface area contributed by atoms with Crippen LogP contribution in [-0.4, -0.2) is 44.8 Å². The summed E-state index contributed by atoms with van der Waals surface area (Å²) in [6, 6.07) is 7.72. The van der Waals surface area contributed by atoms with Crippen LogP contribution >= 0.6 is 0 Å². The second kappa shape index (κ2) is 7.46. The fraction of sp³-hybridized carbons (Fsp3) is 0.381. The maximum atomic E-state index is 12.7. The second-order valence-electron chi connectivity index (χ2n) is 7.61. The van der Waals surface area contributed by atoms with Crippen molar-refractivity contribution in [1.82, 2.24) is 24.4 Å². The van der Waals surface area contributed by atoms with Crippen molar-refractivity contribution < 1.29 is 9.53 Å². The molecule has 8 nitrogen and oxygen atoms in total. The first-order valence-electron chi connectivity index (χ1n) is 9.99. The van der Waals surface area contributed by atoms with Crippen molar-refractivity contribution in [1.29, 1.82) is 0 Å². The minimum Gasteiger partial charge on any atom is -0.381 e. The van der Waals surface area contributed by atoms with Gasteiger partial charge in [0.1, 0.15) is 6.54 Å². The van der Waals surface area contributed by atoms with Crippen molar-refractivity contribution in [2.24, 2.45) is 0 Å². The molecule has 5 rings (SSSR count). The number of amides is 1. The predicted octanol–water partition coefficient (Wildman–Crippen LogP) is 1.86. The number of carbonyl (C=O) groups is 1. The summed E-state index contributed by atoms with van der Waals surface area (Å²) in [6.07, 6.45) is 9.86. The van der Waals surface area contributed by atoms with E-state index in [2.05, 4.69) is 15.6 Å². The molecule has 2 N–H and O–H groups in total. The van der Waals surface area contributed by atoms with E-state index < -0.39 is 0 Å². The van der Waals surface area contributed by atoms with Gasteiger partial charge >= 0.3 is 0 Å². The SMILES string of the molecule is O=C(Cn1cnc2c1CCNC21CCOCC1)Nc1cccc(-n2ccnc2)c1. The lowest BCUT2D eigenvalue weighted by atomic mass is 9.82. The molecule has 1 amide bonds. The second-order valence-corrected chi connectivity index (χ2v) is 7.61. The number of ether oxygens (including phenoxy) is 1. The van der Waals surface area contributed by atoms with Crippen LogP contribution in [0.3, 0.4) is 0 Å². The van der Waals surface area contributed by atoms with Crippen LogP contribution < -0.4 is 10.6 Å². The van der Waals surface area contributed by atoms with Gasteiger partial charge in [-0.15, -0.1) is 0 Å². The van der Waals surface area contributed by atoms with Crippen LogP contribution in [0.1, 0.15) is 24.2 Å². The quantitative estimate of drug-likeness (QED) is 0.708. The summed E-state index contributed by atoms with van der Waals surface area (Å²) < 4.78 is 9.44. The van der Waals surface area contributed by atoms with Crippen molar-refractivity contribution in [3.8, 4) is 5.69 Å². The molecule has 3 aromatic rings. The minimum atomic E-state index is -0.104. The molecule has 1 fully saturated rings. The smallest absolute Gasteiger partial charge is 0.244 e. The Balaban J connectivity index is 1.32. The molecule has 0 unspecified atom stereocenters. The molecule has 4 heterocycles. The van der Waals surface area contributed by atoms with Gasteiger partial charge in [-0.05, 0) is 31.0 Å². The summed E-state index contributed by atoms with van der Waals surface area (Å²) in [4.78, 5) is 21.5. The fourth-order valence-corrected chi connectivity index (χ4v) is 4.35. The van der Waals surface area contributed by atoms with Crippen LogP contribution in [-0.2, 0) is 28.0 Å². The normalized spacial score (nSPS) is 17.8. The first kappa shape index (κ1) is 18.1. The maximum absolute atomic E-state index is 12.7. The summed E-state index contributed by atoms with van der Waals surface area (Å²) in [7, 11) is 0. The summed E-state index contributed by atoms with van der Waals surface area (Å²) >= 11 is 0. The fourth-order valence-electron chi connectivity index (χ4n) is 4.35. The molecule has 2 aliphatic rings. The van der Waals surface area contributed by atoms with Crippen LogP contribution in [0.25, 0.3) is 5.69 Å². The van der Waals surface area contributed by atoms with E-state index in [-0.39, 0.29) is 18.0 Å². The topological polar surface area (TPSA) is 86.0 Å². The number of hydrogen-bond acceptors (Lipinski definition) is 5. The molecule has 0 radical (unpaired) electrons. The van der Waals surface area contributed by atoms with Crippen LogP contribution in [0.4, 0.5) is 5.69 Å². The lowest BCUT2D eigenvalue weighted by molar-refractivity contribution is -0.116. The monoisotopic (exact) mass is 392 g/mol. The van der Waals surface area contributed by atoms with E-state index >= 15 is 0 Å². The number of hydrogen-bond donors (Lipinski definition) is 2. The van der Waals surface area contributed by atoms with E-state index in [0.29, 0.717) is 0 Å². The third kappa shape index (κ3) is 3.45. The van der Waals surface area contributed by atoms with Crippen molar-refractivity contribution in [2.45, 2.75) is 31.3 Å². The average molecular weight is 392 g/mol. The van der Waals surface area contributed by atoms with E-state index in [9.17, 15) is 4.79 Å². The number of aromatic nitrogens is 4. The zero-order valence-corrected chi connectivity index (χ0v) is 16.2. The zero-order chi connectivity index (χ0) is 19.7. The Morgan fingerprint density at radius 3 is 3.00 bits per heavy atom. The van der Waals surface area contributed by atoms with Gasteiger partial charge in [-0.25, -0.2) is 9.97 Å². The largest absolute Gasteiger partial charge is 0.381 e. The van der Waals surface area contributed by atoms with Crippen LogP contribution in [0.5, 0.6) is 0 Å². The Morgan fingerprint density at radius 2 is 2.17 bits per heavy atom. The Morgan fingerprint density at radius 1 is 1.28 bits per heavy atom. The third-order valence-electron chi connectivity index (χ3n) is 5.82. The standard InChI is InChI=1S/C21H24N6O2/c28-19(25-16-2-1-3-17(12-16)26-9-8-22-14-26)13-27-15-23-20-18(27)4-7-24-21(20)5-10-29-11-6-21/h1-3,8-9,12,14-15,24H,4-7,10-11,13H2,(H,25,28). The molecule has 8 heteroatoms. The molecule has 0 saturated carbocycles. The number of benzene rings is 1. The van der Waals surface area contributed by atoms with E-state index in [0.717, 1.165) is 61.8 Å². The summed E-state index contributed by atoms with van der Waals surface area (Å²) in [5, 5.41) is 6.66. The van der Waals surface area contributed by atoms with Gasteiger partial charge in [0.2, 0.25) is 5.91 Å². The first-order valence-corrected chi connectivity index (χ1v) is 9.99. The van der Waals surface area contributed by atoms with Gasteiger partial charge in [-0.1, -0.05) is 6.07 Å². The number of carbonyl (C=O) groups excluding carboxylic acids is 1. The highest BCUT2D eigenvalue weighted by molar-refractivity contribution is 5.90. The van der Waals surface area contributed by atoms with E-state index in [4.69, 9.17) is 9.72 Å². The van der Waals surface area contributed by atoms with Crippen LogP contribution in [0.2, 0.25) is 0 Å². The molecule has 150 valence electrons. The molecule has 1 aromatic carbocycles. The number of nitrogens with one attached hydrogen (secondary N) is 2. The first-order chi connectivity index (χ1) is 14.2. The summed E-state index contributed by atoms with van der Waals surface area (Å²) in [5.74, 6) is -0.0625. The van der Waals surface area contributed by atoms with Crippen molar-refractivity contribution >= 4 is 11.6 Å². The van der Waals surface area contributed by atoms with E-state index in [1.807, 2.05) is 39.6 Å². The van der Waals surface area contributed by atoms with Crippen molar-refractivity contribution in [3.63, 3.8) is 0 Å². The Bertz CT molecular complexity index is 1000. The highest BCUT2D eigenvalue weighted by Crippen LogP contribution is 2.35. The van der Waals surface area contributed by atoms with Gasteiger partial charge in [0.25, 0.3) is 0 Å². The van der Waals surface area contributed by atoms with E-state index in [1.165, 1.54) is 0 Å². The van der Waals surface area contributed by atoms with Gasteiger partial charge in [0.15, 0.2) is 0 Å². The molecular formula is C21H24N6O2. The van der Waals surface area contributed by atoms with Gasteiger partial charge < -0.3 is 24.5 Å². The van der Waals surface area contributed by atoms with Gasteiger partial charge in [0.05, 0.1) is 23.9 Å². The highest BCUT2D eigenvalue weighted by Gasteiger charge is 2.40. The number of anilines is 1. The number of imidazole rings is 2. The maximum Gasteiger partial charge on any atom is 0.244 e. The Hall–Kier alpha value is -2.97. The number of nitrogens with zero attached hydrogens (tertiary/aromatic N) is 4. The van der Waals surface area contributed by atoms with Crippen LogP contribution in [0, 0.1) is 0 Å². The summed E-state index contributed by atoms with van der Waals surface area (Å²) in [5.41, 5.74) is 3.85. The lowest BCUT2D eigenvalue weighted by Crippen LogP contribution is -2.51. The average Bonchev–Trinajstić information content (AvgIpc) is 3.40. The Kier molecular flexibility index (Phi) is 4.65. The molecule has 0 atom stereocenters. The molecule has 2 aromatic heterocycles. The number of rotatable bonds is 4. The van der Waals surface area contributed by atoms with Crippen LogP contribution in [0.15, 0.2) is 49.3 Å². The van der Waals surface area contributed by atoms with Crippen molar-refractivity contribution in [2.75, 3.05) is 25.1 Å². The van der Waals surface area contributed by atoms with Crippen molar-refractivity contribution in [3.05, 3.63) is 60.7 Å². The minimum absolute atomic E-state index is 0.0625. The zero-order valence-electron chi connectivity index (χ0n) is 16.2. The van der Waals surface area contributed by atoms with Gasteiger partial charge in [0, 0.05) is 55.6 Å². The molecular weight excluding hydrogens is 368 g/mol. The highest BCUT2D eigenvalue weighted by atomic mass is 16.5. The number of fused-ring (bicyclic) bond motifs is 2. The lowest BCUT2D eigenvalue weighted by Gasteiger charge is -2.40. The molecule has 1 spiro atoms. The predicted molar refractivity (Wildman–Crippen MR) is 108 cm³/mol. The summed E-state index contributed by atoms with van der Waals surface area (Å²) in [6.45, 7) is 2.64. The van der Waals surface area contributed by atoms with E-state index in [1.54, 1.807) is 18.9 Å².